The number of sulfonamides is 1. The van der Waals surface area contributed by atoms with Gasteiger partial charge in [-0.25, -0.2) is 18.1 Å². The van der Waals surface area contributed by atoms with E-state index in [0.29, 0.717) is 10.0 Å². The van der Waals surface area contributed by atoms with E-state index >= 15 is 0 Å². The molecule has 0 aliphatic rings. The van der Waals surface area contributed by atoms with Gasteiger partial charge in [-0.05, 0) is 31.5 Å². The van der Waals surface area contributed by atoms with E-state index in [-0.39, 0.29) is 11.7 Å². The molecule has 1 aromatic heterocycles. The van der Waals surface area contributed by atoms with Gasteiger partial charge in [-0.15, -0.1) is 11.3 Å². The van der Waals surface area contributed by atoms with Crippen LogP contribution in [0.5, 0.6) is 0 Å². The Kier molecular flexibility index (Phi) is 5.81. The number of nitrogens with zero attached hydrogens (tertiary/aromatic N) is 2. The fraction of sp³-hybridized carbons (Fsp3) is 0.200. The zero-order valence-corrected chi connectivity index (χ0v) is 17.4. The minimum atomic E-state index is -3.66. The van der Waals surface area contributed by atoms with E-state index in [1.54, 1.807) is 6.92 Å². The fourth-order valence-electron chi connectivity index (χ4n) is 2.88. The molecule has 1 heterocycles. The van der Waals surface area contributed by atoms with Crippen molar-refractivity contribution < 1.29 is 13.2 Å². The lowest BCUT2D eigenvalue weighted by Crippen LogP contribution is -2.30. The topological polar surface area (TPSA) is 79.4 Å². The molecule has 1 N–H and O–H groups in total. The standard InChI is InChI=1S/C20H21N3O3S2/c1-14(16-10-6-4-7-11-16)23(17-12-8-5-9-13-17)20-21-18(15(2)27-20)19(24)22-28(3,25)26/h4-14H,1-3H3,(H,22,24). The molecule has 0 radical (unpaired) electrons. The number of benzene rings is 2. The second-order valence-corrected chi connectivity index (χ2v) is 9.33. The van der Waals surface area contributed by atoms with Crippen molar-refractivity contribution >= 4 is 38.1 Å². The summed E-state index contributed by atoms with van der Waals surface area (Å²) in [7, 11) is -3.66. The van der Waals surface area contributed by atoms with E-state index in [4.69, 9.17) is 0 Å². The van der Waals surface area contributed by atoms with Crippen LogP contribution >= 0.6 is 11.3 Å². The SMILES string of the molecule is Cc1sc(N(c2ccccc2)C(C)c2ccccc2)nc1C(=O)NS(C)(=O)=O. The van der Waals surface area contributed by atoms with Gasteiger partial charge >= 0.3 is 0 Å². The monoisotopic (exact) mass is 415 g/mol. The Balaban J connectivity index is 2.05. The van der Waals surface area contributed by atoms with E-state index in [9.17, 15) is 13.2 Å². The van der Waals surface area contributed by atoms with Gasteiger partial charge in [0.05, 0.1) is 12.3 Å². The number of carbonyl (C=O) groups excluding carboxylic acids is 1. The summed E-state index contributed by atoms with van der Waals surface area (Å²) in [5.74, 6) is -0.720. The molecular formula is C20H21N3O3S2. The molecule has 0 saturated carbocycles. The lowest BCUT2D eigenvalue weighted by atomic mass is 10.1. The largest absolute Gasteiger partial charge is 0.311 e. The molecule has 3 aromatic rings. The average molecular weight is 416 g/mol. The minimum absolute atomic E-state index is 0.0417. The van der Waals surface area contributed by atoms with Crippen molar-refractivity contribution in [2.75, 3.05) is 11.2 Å². The third kappa shape index (κ3) is 4.58. The molecule has 0 aliphatic carbocycles. The summed E-state index contributed by atoms with van der Waals surface area (Å²) in [5.41, 5.74) is 2.15. The second-order valence-electron chi connectivity index (χ2n) is 6.40. The summed E-state index contributed by atoms with van der Waals surface area (Å²) in [6, 6.07) is 19.7. The van der Waals surface area contributed by atoms with Crippen molar-refractivity contribution in [3.63, 3.8) is 0 Å². The molecule has 1 amide bonds. The number of hydrogen-bond acceptors (Lipinski definition) is 6. The molecule has 146 valence electrons. The first kappa shape index (κ1) is 20.0. The number of para-hydroxylation sites is 1. The van der Waals surface area contributed by atoms with Crippen molar-refractivity contribution in [1.82, 2.24) is 9.71 Å². The molecular weight excluding hydrogens is 394 g/mol. The third-order valence-electron chi connectivity index (χ3n) is 4.19. The van der Waals surface area contributed by atoms with Crippen LogP contribution in [-0.2, 0) is 10.0 Å². The van der Waals surface area contributed by atoms with Gasteiger partial charge in [0.15, 0.2) is 5.13 Å². The Bertz CT molecular complexity index is 1060. The van der Waals surface area contributed by atoms with Crippen LogP contribution < -0.4 is 9.62 Å². The van der Waals surface area contributed by atoms with Crippen LogP contribution in [0.2, 0.25) is 0 Å². The Labute approximate surface area is 168 Å². The van der Waals surface area contributed by atoms with Crippen LogP contribution in [0.25, 0.3) is 0 Å². The van der Waals surface area contributed by atoms with Gasteiger partial charge < -0.3 is 4.90 Å². The van der Waals surface area contributed by atoms with Crippen molar-refractivity contribution in [3.8, 4) is 0 Å². The quantitative estimate of drug-likeness (QED) is 0.657. The first-order valence-electron chi connectivity index (χ1n) is 8.65. The molecule has 0 spiro atoms. The summed E-state index contributed by atoms with van der Waals surface area (Å²) < 4.78 is 24.8. The highest BCUT2D eigenvalue weighted by molar-refractivity contribution is 7.89. The third-order valence-corrected chi connectivity index (χ3v) is 5.71. The molecule has 1 atom stereocenters. The van der Waals surface area contributed by atoms with Crippen LogP contribution in [0.3, 0.4) is 0 Å². The normalized spacial score (nSPS) is 12.4. The molecule has 2 aromatic carbocycles. The summed E-state index contributed by atoms with van der Waals surface area (Å²) in [6.45, 7) is 3.82. The number of anilines is 2. The molecule has 0 aliphatic heterocycles. The Morgan fingerprint density at radius 3 is 2.21 bits per heavy atom. The van der Waals surface area contributed by atoms with Gasteiger partial charge in [-0.3, -0.25) is 4.79 Å². The van der Waals surface area contributed by atoms with Crippen LogP contribution in [0.15, 0.2) is 60.7 Å². The molecule has 0 bridgehead atoms. The first-order chi connectivity index (χ1) is 13.3. The van der Waals surface area contributed by atoms with Crippen LogP contribution in [0.4, 0.5) is 10.8 Å². The lowest BCUT2D eigenvalue weighted by Gasteiger charge is -2.29. The van der Waals surface area contributed by atoms with Gasteiger partial charge in [-0.2, -0.15) is 0 Å². The molecule has 0 saturated heterocycles. The summed E-state index contributed by atoms with van der Waals surface area (Å²) in [4.78, 5) is 19.5. The van der Waals surface area contributed by atoms with Crippen molar-refractivity contribution in [3.05, 3.63) is 76.8 Å². The van der Waals surface area contributed by atoms with E-state index in [2.05, 4.69) is 11.9 Å². The van der Waals surface area contributed by atoms with Gasteiger partial charge in [0, 0.05) is 10.6 Å². The highest BCUT2D eigenvalue weighted by Gasteiger charge is 2.25. The molecule has 1 unspecified atom stereocenters. The maximum Gasteiger partial charge on any atom is 0.284 e. The Hall–Kier alpha value is -2.71. The fourth-order valence-corrected chi connectivity index (χ4v) is 4.32. The van der Waals surface area contributed by atoms with E-state index < -0.39 is 15.9 Å². The van der Waals surface area contributed by atoms with Crippen molar-refractivity contribution in [2.45, 2.75) is 19.9 Å². The van der Waals surface area contributed by atoms with Crippen LogP contribution in [-0.4, -0.2) is 25.6 Å². The number of carbonyl (C=O) groups is 1. The molecule has 0 fully saturated rings. The first-order valence-corrected chi connectivity index (χ1v) is 11.4. The maximum atomic E-state index is 12.3. The average Bonchev–Trinajstić information content (AvgIpc) is 3.03. The van der Waals surface area contributed by atoms with Crippen LogP contribution in [0.1, 0.15) is 33.9 Å². The van der Waals surface area contributed by atoms with Crippen molar-refractivity contribution in [1.29, 1.82) is 0 Å². The molecule has 3 rings (SSSR count). The maximum absolute atomic E-state index is 12.3. The summed E-state index contributed by atoms with van der Waals surface area (Å²) in [6.07, 6.45) is 0.946. The second kappa shape index (κ2) is 8.12. The molecule has 28 heavy (non-hydrogen) atoms. The number of rotatable bonds is 6. The van der Waals surface area contributed by atoms with E-state index in [0.717, 1.165) is 17.5 Å². The number of aromatic nitrogens is 1. The predicted octanol–water partition coefficient (Wildman–Crippen LogP) is 4.04. The summed E-state index contributed by atoms with van der Waals surface area (Å²) in [5, 5.41) is 0.624. The lowest BCUT2D eigenvalue weighted by molar-refractivity contribution is 0.0977. The number of amides is 1. The highest BCUT2D eigenvalue weighted by atomic mass is 32.2. The van der Waals surface area contributed by atoms with E-state index in [1.165, 1.54) is 11.3 Å². The zero-order chi connectivity index (χ0) is 20.3. The Morgan fingerprint density at radius 2 is 1.64 bits per heavy atom. The van der Waals surface area contributed by atoms with Crippen LogP contribution in [0, 0.1) is 6.92 Å². The van der Waals surface area contributed by atoms with Crippen molar-refractivity contribution in [2.24, 2.45) is 0 Å². The smallest absolute Gasteiger partial charge is 0.284 e. The highest BCUT2D eigenvalue weighted by Crippen LogP contribution is 2.38. The Morgan fingerprint density at radius 1 is 1.07 bits per heavy atom. The molecule has 8 heteroatoms. The number of thiazole rings is 1. The number of aryl methyl sites for hydroxylation is 1. The van der Waals surface area contributed by atoms with Gasteiger partial charge in [-0.1, -0.05) is 48.5 Å². The van der Waals surface area contributed by atoms with Gasteiger partial charge in [0.2, 0.25) is 10.0 Å². The van der Waals surface area contributed by atoms with Gasteiger partial charge in [0.1, 0.15) is 5.69 Å². The number of hydrogen-bond donors (Lipinski definition) is 1. The minimum Gasteiger partial charge on any atom is -0.311 e. The number of nitrogens with one attached hydrogen (secondary N) is 1. The molecule has 6 nitrogen and oxygen atoms in total. The van der Waals surface area contributed by atoms with E-state index in [1.807, 2.05) is 70.3 Å². The summed E-state index contributed by atoms with van der Waals surface area (Å²) >= 11 is 1.35. The van der Waals surface area contributed by atoms with Gasteiger partial charge in [0.25, 0.3) is 5.91 Å². The predicted molar refractivity (Wildman–Crippen MR) is 113 cm³/mol. The zero-order valence-electron chi connectivity index (χ0n) is 15.8.